The van der Waals surface area contributed by atoms with E-state index in [4.69, 9.17) is 0 Å². The van der Waals surface area contributed by atoms with Crippen LogP contribution in [0.2, 0.25) is 0 Å². The van der Waals surface area contributed by atoms with Crippen molar-refractivity contribution in [2.45, 2.75) is 33.1 Å². The van der Waals surface area contributed by atoms with E-state index in [0.717, 1.165) is 31.5 Å². The molecule has 0 atom stereocenters. The van der Waals surface area contributed by atoms with Crippen LogP contribution >= 0.6 is 12.4 Å². The standard InChI is InChI=1S/C14H19NO.ClH/c1-3-14(10-11-14)13(16)15(4-2)12-8-6-5-7-9-12;/h5-9H,3-4,10-11H2,1-2H3;1H. The largest absolute Gasteiger partial charge is 0.312 e. The molecule has 0 bridgehead atoms. The normalized spacial score (nSPS) is 15.9. The highest BCUT2D eigenvalue weighted by Gasteiger charge is 2.49. The molecule has 3 heteroatoms. The van der Waals surface area contributed by atoms with Crippen molar-refractivity contribution in [1.29, 1.82) is 0 Å². The Morgan fingerprint density at radius 1 is 1.24 bits per heavy atom. The zero-order valence-electron chi connectivity index (χ0n) is 10.5. The van der Waals surface area contributed by atoms with Crippen LogP contribution in [0, 0.1) is 5.41 Å². The third-order valence-electron chi connectivity index (χ3n) is 3.61. The van der Waals surface area contributed by atoms with Gasteiger partial charge in [0.2, 0.25) is 5.91 Å². The van der Waals surface area contributed by atoms with Crippen LogP contribution in [-0.4, -0.2) is 12.5 Å². The quantitative estimate of drug-likeness (QED) is 0.802. The highest BCUT2D eigenvalue weighted by Crippen LogP contribution is 2.50. The molecule has 1 aromatic carbocycles. The molecule has 0 N–H and O–H groups in total. The van der Waals surface area contributed by atoms with Crippen LogP contribution in [0.1, 0.15) is 33.1 Å². The van der Waals surface area contributed by atoms with Gasteiger partial charge >= 0.3 is 0 Å². The Morgan fingerprint density at radius 2 is 1.82 bits per heavy atom. The van der Waals surface area contributed by atoms with Crippen molar-refractivity contribution >= 4 is 24.0 Å². The third kappa shape index (κ3) is 2.63. The average molecular weight is 254 g/mol. The Labute approximate surface area is 109 Å². The molecule has 1 amide bonds. The van der Waals surface area contributed by atoms with Gasteiger partial charge in [-0.2, -0.15) is 0 Å². The maximum absolute atomic E-state index is 12.4. The number of anilines is 1. The summed E-state index contributed by atoms with van der Waals surface area (Å²) in [5, 5.41) is 0. The first-order chi connectivity index (χ1) is 7.73. The van der Waals surface area contributed by atoms with Gasteiger partial charge in [0.15, 0.2) is 0 Å². The second-order valence-corrected chi connectivity index (χ2v) is 4.52. The molecule has 0 radical (unpaired) electrons. The second kappa shape index (κ2) is 5.54. The maximum atomic E-state index is 12.4. The Balaban J connectivity index is 0.00000144. The first-order valence-corrected chi connectivity index (χ1v) is 6.10. The van der Waals surface area contributed by atoms with Gasteiger partial charge in [-0.05, 0) is 38.3 Å². The van der Waals surface area contributed by atoms with Crippen molar-refractivity contribution in [3.63, 3.8) is 0 Å². The van der Waals surface area contributed by atoms with Crippen LogP contribution in [0.4, 0.5) is 5.69 Å². The lowest BCUT2D eigenvalue weighted by Crippen LogP contribution is -2.37. The first-order valence-electron chi connectivity index (χ1n) is 6.10. The minimum absolute atomic E-state index is 0. The van der Waals surface area contributed by atoms with Crippen molar-refractivity contribution < 1.29 is 4.79 Å². The van der Waals surface area contributed by atoms with Crippen molar-refractivity contribution in [3.8, 4) is 0 Å². The van der Waals surface area contributed by atoms with Gasteiger partial charge in [-0.25, -0.2) is 0 Å². The van der Waals surface area contributed by atoms with E-state index in [2.05, 4.69) is 6.92 Å². The Hall–Kier alpha value is -1.02. The monoisotopic (exact) mass is 253 g/mol. The number of hydrogen-bond donors (Lipinski definition) is 0. The minimum atomic E-state index is -0.0359. The van der Waals surface area contributed by atoms with Crippen LogP contribution < -0.4 is 4.90 Å². The molecule has 0 unspecified atom stereocenters. The molecule has 0 aromatic heterocycles. The number of carbonyl (C=O) groups excluding carboxylic acids is 1. The number of carbonyl (C=O) groups is 1. The van der Waals surface area contributed by atoms with Crippen LogP contribution in [0.5, 0.6) is 0 Å². The second-order valence-electron chi connectivity index (χ2n) is 4.52. The topological polar surface area (TPSA) is 20.3 Å². The van der Waals surface area contributed by atoms with Gasteiger partial charge in [-0.1, -0.05) is 25.1 Å². The van der Waals surface area contributed by atoms with E-state index in [1.165, 1.54) is 0 Å². The van der Waals surface area contributed by atoms with Crippen molar-refractivity contribution in [3.05, 3.63) is 30.3 Å². The molecular formula is C14H20ClNO. The molecular weight excluding hydrogens is 234 g/mol. The minimum Gasteiger partial charge on any atom is -0.312 e. The van der Waals surface area contributed by atoms with E-state index in [0.29, 0.717) is 5.91 Å². The summed E-state index contributed by atoms with van der Waals surface area (Å²) in [6, 6.07) is 9.96. The Kier molecular flexibility index (Phi) is 4.58. The van der Waals surface area contributed by atoms with Crippen molar-refractivity contribution in [1.82, 2.24) is 0 Å². The predicted molar refractivity (Wildman–Crippen MR) is 73.7 cm³/mol. The zero-order chi connectivity index (χ0) is 11.6. The van der Waals surface area contributed by atoms with E-state index >= 15 is 0 Å². The number of halogens is 1. The summed E-state index contributed by atoms with van der Waals surface area (Å²) in [5.41, 5.74) is 0.987. The molecule has 1 saturated carbocycles. The lowest BCUT2D eigenvalue weighted by molar-refractivity contribution is -0.123. The lowest BCUT2D eigenvalue weighted by Gasteiger charge is -2.25. The molecule has 1 fully saturated rings. The summed E-state index contributed by atoms with van der Waals surface area (Å²) in [6.07, 6.45) is 3.09. The Bertz CT molecular complexity index is 373. The molecule has 1 aromatic rings. The van der Waals surface area contributed by atoms with E-state index < -0.39 is 0 Å². The molecule has 0 saturated heterocycles. The van der Waals surface area contributed by atoms with Gasteiger partial charge in [0, 0.05) is 17.6 Å². The zero-order valence-corrected chi connectivity index (χ0v) is 11.3. The molecule has 2 rings (SSSR count). The molecule has 2 nitrogen and oxygen atoms in total. The van der Waals surface area contributed by atoms with Crippen LogP contribution in [0.15, 0.2) is 30.3 Å². The molecule has 17 heavy (non-hydrogen) atoms. The van der Waals surface area contributed by atoms with E-state index in [-0.39, 0.29) is 17.8 Å². The predicted octanol–water partition coefficient (Wildman–Crippen LogP) is 3.65. The summed E-state index contributed by atoms with van der Waals surface area (Å²) in [6.45, 7) is 4.91. The van der Waals surface area contributed by atoms with Gasteiger partial charge < -0.3 is 4.90 Å². The Morgan fingerprint density at radius 3 is 2.24 bits per heavy atom. The van der Waals surface area contributed by atoms with Crippen LogP contribution in [0.25, 0.3) is 0 Å². The van der Waals surface area contributed by atoms with Gasteiger partial charge in [0.1, 0.15) is 0 Å². The van der Waals surface area contributed by atoms with Crippen LogP contribution in [-0.2, 0) is 4.79 Å². The van der Waals surface area contributed by atoms with Gasteiger partial charge in [0.25, 0.3) is 0 Å². The fraction of sp³-hybridized carbons (Fsp3) is 0.500. The van der Waals surface area contributed by atoms with E-state index in [9.17, 15) is 4.79 Å². The number of nitrogens with zero attached hydrogens (tertiary/aromatic N) is 1. The van der Waals surface area contributed by atoms with Crippen LogP contribution in [0.3, 0.4) is 0 Å². The van der Waals surface area contributed by atoms with Crippen molar-refractivity contribution in [2.75, 3.05) is 11.4 Å². The molecule has 1 aliphatic carbocycles. The first kappa shape index (κ1) is 14.0. The number of rotatable bonds is 4. The highest BCUT2D eigenvalue weighted by molar-refractivity contribution is 5.99. The van der Waals surface area contributed by atoms with Gasteiger partial charge in [0.05, 0.1) is 0 Å². The van der Waals surface area contributed by atoms with Gasteiger partial charge in [-0.3, -0.25) is 4.79 Å². The molecule has 0 spiro atoms. The number of hydrogen-bond acceptors (Lipinski definition) is 1. The lowest BCUT2D eigenvalue weighted by atomic mass is 10.0. The third-order valence-corrected chi connectivity index (χ3v) is 3.61. The number of benzene rings is 1. The SMILES string of the molecule is CCN(C(=O)C1(CC)CC1)c1ccccc1.Cl. The summed E-state index contributed by atoms with van der Waals surface area (Å²) in [5.74, 6) is 0.309. The summed E-state index contributed by atoms with van der Waals surface area (Å²) in [7, 11) is 0. The fourth-order valence-electron chi connectivity index (χ4n) is 2.21. The summed E-state index contributed by atoms with van der Waals surface area (Å²) >= 11 is 0. The number of amides is 1. The smallest absolute Gasteiger partial charge is 0.233 e. The molecule has 0 heterocycles. The maximum Gasteiger partial charge on any atom is 0.233 e. The highest BCUT2D eigenvalue weighted by atomic mass is 35.5. The fourth-order valence-corrected chi connectivity index (χ4v) is 2.21. The molecule has 94 valence electrons. The summed E-state index contributed by atoms with van der Waals surface area (Å²) in [4.78, 5) is 14.3. The summed E-state index contributed by atoms with van der Waals surface area (Å²) < 4.78 is 0. The molecule has 1 aliphatic rings. The van der Waals surface area contributed by atoms with Gasteiger partial charge in [-0.15, -0.1) is 12.4 Å². The average Bonchev–Trinajstić information content (AvgIpc) is 3.12. The van der Waals surface area contributed by atoms with Crippen molar-refractivity contribution in [2.24, 2.45) is 5.41 Å². The van der Waals surface area contributed by atoms with E-state index in [1.54, 1.807) is 0 Å². The number of para-hydroxylation sites is 1. The van der Waals surface area contributed by atoms with E-state index in [1.807, 2.05) is 42.2 Å². The molecule has 0 aliphatic heterocycles.